The molecule has 0 bridgehead atoms. The number of rotatable bonds is 7. The van der Waals surface area contributed by atoms with Crippen molar-refractivity contribution < 1.29 is 9.59 Å². The normalized spacial score (nSPS) is 10.7. The van der Waals surface area contributed by atoms with Crippen LogP contribution in [0.25, 0.3) is 10.8 Å². The van der Waals surface area contributed by atoms with E-state index in [9.17, 15) is 9.59 Å². The minimum atomic E-state index is -0.354. The molecule has 2 nitrogen and oxygen atoms in total. The van der Waals surface area contributed by atoms with Gasteiger partial charge in [-0.05, 0) is 23.3 Å². The van der Waals surface area contributed by atoms with Crippen LogP contribution in [-0.4, -0.2) is 11.6 Å². The van der Waals surface area contributed by atoms with Gasteiger partial charge in [0.1, 0.15) is 0 Å². The van der Waals surface area contributed by atoms with Gasteiger partial charge in [0.2, 0.25) is 11.6 Å². The molecule has 0 unspecified atom stereocenters. The van der Waals surface area contributed by atoms with Gasteiger partial charge in [-0.1, -0.05) is 62.6 Å². The Morgan fingerprint density at radius 1 is 0.900 bits per heavy atom. The molecule has 0 saturated heterocycles. The molecule has 0 amide bonds. The highest BCUT2D eigenvalue weighted by Crippen LogP contribution is 2.17. The van der Waals surface area contributed by atoms with E-state index in [2.05, 4.69) is 6.92 Å². The second-order valence-electron chi connectivity index (χ2n) is 5.12. The van der Waals surface area contributed by atoms with E-state index in [1.165, 1.54) is 0 Å². The minimum absolute atomic E-state index is 0.267. The van der Waals surface area contributed by atoms with E-state index in [0.717, 1.165) is 36.5 Å². The number of unbranched alkanes of at least 4 members (excludes halogenated alkanes) is 3. The highest BCUT2D eigenvalue weighted by molar-refractivity contribution is 6.43. The molecule has 0 aliphatic rings. The lowest BCUT2D eigenvalue weighted by atomic mass is 10.00. The molecule has 0 radical (unpaired) electrons. The summed E-state index contributed by atoms with van der Waals surface area (Å²) in [7, 11) is 0. The minimum Gasteiger partial charge on any atom is -0.290 e. The maximum Gasteiger partial charge on any atom is 0.228 e. The summed E-state index contributed by atoms with van der Waals surface area (Å²) in [5.41, 5.74) is 0.504. The zero-order valence-corrected chi connectivity index (χ0v) is 11.9. The van der Waals surface area contributed by atoms with Gasteiger partial charge < -0.3 is 0 Å². The Labute approximate surface area is 119 Å². The fraction of sp³-hybridized carbons (Fsp3) is 0.333. The van der Waals surface area contributed by atoms with Crippen LogP contribution in [0.1, 0.15) is 49.4 Å². The van der Waals surface area contributed by atoms with Crippen LogP contribution in [0.4, 0.5) is 0 Å². The van der Waals surface area contributed by atoms with Crippen LogP contribution in [0, 0.1) is 0 Å². The summed E-state index contributed by atoms with van der Waals surface area (Å²) in [4.78, 5) is 24.0. The quantitative estimate of drug-likeness (QED) is 0.419. The van der Waals surface area contributed by atoms with Crippen LogP contribution in [0.5, 0.6) is 0 Å². The molecule has 0 heterocycles. The van der Waals surface area contributed by atoms with Crippen LogP contribution < -0.4 is 0 Å². The molecule has 2 aromatic carbocycles. The van der Waals surface area contributed by atoms with Crippen LogP contribution in [0.3, 0.4) is 0 Å². The van der Waals surface area contributed by atoms with Crippen LogP contribution in [-0.2, 0) is 4.79 Å². The molecule has 0 atom stereocenters. The fourth-order valence-corrected chi connectivity index (χ4v) is 2.32. The Morgan fingerprint density at radius 3 is 2.40 bits per heavy atom. The molecular weight excluding hydrogens is 248 g/mol. The summed E-state index contributed by atoms with van der Waals surface area (Å²) >= 11 is 0. The molecule has 2 aromatic rings. The van der Waals surface area contributed by atoms with Crippen molar-refractivity contribution in [2.75, 3.05) is 0 Å². The Balaban J connectivity index is 2.05. The standard InChI is InChI=1S/C18H20O2/c1-2-3-4-5-10-17(19)18(20)16-12-11-14-8-6-7-9-15(14)13-16/h6-9,11-13H,2-5,10H2,1H3. The molecule has 0 aliphatic heterocycles. The summed E-state index contributed by atoms with van der Waals surface area (Å²) in [5.74, 6) is -0.622. The van der Waals surface area contributed by atoms with Gasteiger partial charge in [-0.15, -0.1) is 0 Å². The third-order valence-corrected chi connectivity index (χ3v) is 3.52. The summed E-state index contributed by atoms with van der Waals surface area (Å²) < 4.78 is 0. The average Bonchev–Trinajstić information content (AvgIpc) is 2.50. The molecule has 0 aromatic heterocycles. The average molecular weight is 268 g/mol. The van der Waals surface area contributed by atoms with Crippen LogP contribution >= 0.6 is 0 Å². The van der Waals surface area contributed by atoms with Gasteiger partial charge in [-0.25, -0.2) is 0 Å². The first-order chi connectivity index (χ1) is 9.72. The van der Waals surface area contributed by atoms with E-state index in [4.69, 9.17) is 0 Å². The predicted molar refractivity (Wildman–Crippen MR) is 82.0 cm³/mol. The van der Waals surface area contributed by atoms with E-state index in [1.54, 1.807) is 6.07 Å². The number of fused-ring (bicyclic) bond motifs is 1. The SMILES string of the molecule is CCCCCCC(=O)C(=O)c1ccc2ccccc2c1. The monoisotopic (exact) mass is 268 g/mol. The van der Waals surface area contributed by atoms with Gasteiger partial charge in [0.25, 0.3) is 0 Å². The van der Waals surface area contributed by atoms with E-state index < -0.39 is 0 Å². The van der Waals surface area contributed by atoms with Gasteiger partial charge in [-0.3, -0.25) is 9.59 Å². The number of carbonyl (C=O) groups is 2. The zero-order valence-electron chi connectivity index (χ0n) is 11.9. The predicted octanol–water partition coefficient (Wildman–Crippen LogP) is 4.56. The number of hydrogen-bond donors (Lipinski definition) is 0. The van der Waals surface area contributed by atoms with Crippen molar-refractivity contribution in [3.05, 3.63) is 48.0 Å². The molecule has 0 fully saturated rings. The Hall–Kier alpha value is -1.96. The molecule has 0 spiro atoms. The first-order valence-corrected chi connectivity index (χ1v) is 7.28. The molecule has 2 rings (SSSR count). The van der Waals surface area contributed by atoms with Gasteiger partial charge in [0.05, 0.1) is 0 Å². The Morgan fingerprint density at radius 2 is 1.65 bits per heavy atom. The van der Waals surface area contributed by atoms with Crippen molar-refractivity contribution >= 4 is 22.3 Å². The number of ketones is 2. The maximum atomic E-state index is 12.1. The molecule has 0 saturated carbocycles. The summed E-state index contributed by atoms with van der Waals surface area (Å²) in [6.45, 7) is 2.13. The van der Waals surface area contributed by atoms with Crippen LogP contribution in [0.15, 0.2) is 42.5 Å². The van der Waals surface area contributed by atoms with Gasteiger partial charge in [-0.2, -0.15) is 0 Å². The third-order valence-electron chi connectivity index (χ3n) is 3.52. The van der Waals surface area contributed by atoms with Crippen LogP contribution in [0.2, 0.25) is 0 Å². The lowest BCUT2D eigenvalue weighted by Gasteiger charge is -2.03. The van der Waals surface area contributed by atoms with Crippen molar-refractivity contribution in [3.63, 3.8) is 0 Å². The maximum absolute atomic E-state index is 12.1. The van der Waals surface area contributed by atoms with Gasteiger partial charge in [0, 0.05) is 12.0 Å². The zero-order chi connectivity index (χ0) is 14.4. The Kier molecular flexibility index (Phi) is 5.05. The number of carbonyl (C=O) groups excluding carboxylic acids is 2. The largest absolute Gasteiger partial charge is 0.290 e. The number of benzene rings is 2. The van der Waals surface area contributed by atoms with E-state index in [0.29, 0.717) is 12.0 Å². The fourth-order valence-electron chi connectivity index (χ4n) is 2.32. The number of Topliss-reactive ketones (excluding diaryl/α,β-unsaturated/α-hetero) is 2. The summed E-state index contributed by atoms with van der Waals surface area (Å²) in [5, 5.41) is 2.08. The first-order valence-electron chi connectivity index (χ1n) is 7.28. The summed E-state index contributed by atoms with van der Waals surface area (Å²) in [6, 6.07) is 13.3. The lowest BCUT2D eigenvalue weighted by molar-refractivity contribution is -0.115. The smallest absolute Gasteiger partial charge is 0.228 e. The number of hydrogen-bond acceptors (Lipinski definition) is 2. The lowest BCUT2D eigenvalue weighted by Crippen LogP contribution is -2.13. The van der Waals surface area contributed by atoms with Crippen molar-refractivity contribution in [1.29, 1.82) is 0 Å². The van der Waals surface area contributed by atoms with Crippen molar-refractivity contribution in [3.8, 4) is 0 Å². The Bertz CT molecular complexity index is 614. The second kappa shape index (κ2) is 6.99. The van der Waals surface area contributed by atoms with Crippen molar-refractivity contribution in [1.82, 2.24) is 0 Å². The van der Waals surface area contributed by atoms with E-state index >= 15 is 0 Å². The van der Waals surface area contributed by atoms with E-state index in [1.807, 2.05) is 36.4 Å². The topological polar surface area (TPSA) is 34.1 Å². The molecule has 20 heavy (non-hydrogen) atoms. The summed E-state index contributed by atoms with van der Waals surface area (Å²) in [6.07, 6.45) is 4.45. The molecule has 0 N–H and O–H groups in total. The van der Waals surface area contributed by atoms with Gasteiger partial charge >= 0.3 is 0 Å². The second-order valence-corrected chi connectivity index (χ2v) is 5.12. The molecule has 2 heteroatoms. The van der Waals surface area contributed by atoms with E-state index in [-0.39, 0.29) is 11.6 Å². The molecular formula is C18H20O2. The highest BCUT2D eigenvalue weighted by atomic mass is 16.2. The van der Waals surface area contributed by atoms with Gasteiger partial charge in [0.15, 0.2) is 0 Å². The van der Waals surface area contributed by atoms with Crippen molar-refractivity contribution in [2.45, 2.75) is 39.0 Å². The van der Waals surface area contributed by atoms with Crippen molar-refractivity contribution in [2.24, 2.45) is 0 Å². The molecule has 104 valence electrons. The molecule has 0 aliphatic carbocycles. The third kappa shape index (κ3) is 3.53. The highest BCUT2D eigenvalue weighted by Gasteiger charge is 2.15. The first kappa shape index (κ1) is 14.4.